The number of anilines is 2. The lowest BCUT2D eigenvalue weighted by Crippen LogP contribution is -2.04. The van der Waals surface area contributed by atoms with Crippen LogP contribution in [0.4, 0.5) is 11.5 Å². The standard InChI is InChI=1S/C14H19N3O/c1-18-9-3-2-8-16-14-7-4-11-10-12(15)5-6-13(11)17-14/h4-7,10H,2-3,8-9,15H2,1H3,(H,16,17). The first-order chi connectivity index (χ1) is 8.79. The number of hydrogen-bond acceptors (Lipinski definition) is 4. The van der Waals surface area contributed by atoms with Crippen LogP contribution in [0.5, 0.6) is 0 Å². The summed E-state index contributed by atoms with van der Waals surface area (Å²) in [6.45, 7) is 1.73. The van der Waals surface area contributed by atoms with E-state index >= 15 is 0 Å². The van der Waals surface area contributed by atoms with Gasteiger partial charge in [-0.15, -0.1) is 0 Å². The summed E-state index contributed by atoms with van der Waals surface area (Å²) in [5.41, 5.74) is 7.47. The topological polar surface area (TPSA) is 60.2 Å². The summed E-state index contributed by atoms with van der Waals surface area (Å²) in [7, 11) is 1.73. The van der Waals surface area contributed by atoms with Crippen molar-refractivity contribution in [3.05, 3.63) is 30.3 Å². The average Bonchev–Trinajstić information content (AvgIpc) is 2.38. The van der Waals surface area contributed by atoms with Crippen LogP contribution in [0.2, 0.25) is 0 Å². The van der Waals surface area contributed by atoms with E-state index in [1.807, 2.05) is 30.3 Å². The molecule has 2 aromatic rings. The molecule has 0 aliphatic carbocycles. The fourth-order valence-electron chi connectivity index (χ4n) is 1.83. The average molecular weight is 245 g/mol. The molecule has 0 spiro atoms. The summed E-state index contributed by atoms with van der Waals surface area (Å²) in [6, 6.07) is 9.78. The Morgan fingerprint density at radius 1 is 1.22 bits per heavy atom. The number of nitrogens with two attached hydrogens (primary N) is 1. The molecule has 0 unspecified atom stereocenters. The zero-order valence-electron chi connectivity index (χ0n) is 10.6. The van der Waals surface area contributed by atoms with Crippen molar-refractivity contribution in [1.29, 1.82) is 0 Å². The molecule has 2 rings (SSSR count). The van der Waals surface area contributed by atoms with Crippen LogP contribution in [0.25, 0.3) is 10.9 Å². The molecule has 4 nitrogen and oxygen atoms in total. The van der Waals surface area contributed by atoms with Crippen molar-refractivity contribution >= 4 is 22.4 Å². The van der Waals surface area contributed by atoms with Gasteiger partial charge in [-0.3, -0.25) is 0 Å². The Morgan fingerprint density at radius 3 is 2.94 bits per heavy atom. The van der Waals surface area contributed by atoms with E-state index in [0.717, 1.165) is 48.4 Å². The van der Waals surface area contributed by atoms with Gasteiger partial charge < -0.3 is 15.8 Å². The SMILES string of the molecule is COCCCCNc1ccc2cc(N)ccc2n1. The Morgan fingerprint density at radius 2 is 2.11 bits per heavy atom. The Bertz CT molecular complexity index is 513. The zero-order chi connectivity index (χ0) is 12.8. The van der Waals surface area contributed by atoms with Crippen molar-refractivity contribution in [3.8, 4) is 0 Å². The number of methoxy groups -OCH3 is 1. The molecule has 96 valence electrons. The van der Waals surface area contributed by atoms with Gasteiger partial charge in [0.2, 0.25) is 0 Å². The first-order valence-electron chi connectivity index (χ1n) is 6.19. The smallest absolute Gasteiger partial charge is 0.126 e. The van der Waals surface area contributed by atoms with Crippen LogP contribution in [0.1, 0.15) is 12.8 Å². The number of nitrogens with one attached hydrogen (secondary N) is 1. The first kappa shape index (κ1) is 12.6. The van der Waals surface area contributed by atoms with E-state index in [0.29, 0.717) is 0 Å². The zero-order valence-corrected chi connectivity index (χ0v) is 10.6. The van der Waals surface area contributed by atoms with E-state index in [1.165, 1.54) is 0 Å². The summed E-state index contributed by atoms with van der Waals surface area (Å²) in [5.74, 6) is 0.907. The molecule has 0 fully saturated rings. The van der Waals surface area contributed by atoms with Crippen LogP contribution < -0.4 is 11.1 Å². The minimum Gasteiger partial charge on any atom is -0.399 e. The second kappa shape index (κ2) is 6.21. The minimum atomic E-state index is 0.768. The molecule has 0 saturated heterocycles. The summed E-state index contributed by atoms with van der Waals surface area (Å²) < 4.78 is 5.01. The maximum atomic E-state index is 5.73. The lowest BCUT2D eigenvalue weighted by Gasteiger charge is -2.06. The van der Waals surface area contributed by atoms with Gasteiger partial charge in [-0.2, -0.15) is 0 Å². The van der Waals surface area contributed by atoms with E-state index in [9.17, 15) is 0 Å². The van der Waals surface area contributed by atoms with Gasteiger partial charge in [0.05, 0.1) is 5.52 Å². The highest BCUT2D eigenvalue weighted by atomic mass is 16.5. The Labute approximate surface area is 107 Å². The number of nitrogens with zero attached hydrogens (tertiary/aromatic N) is 1. The second-order valence-electron chi connectivity index (χ2n) is 4.28. The molecular weight excluding hydrogens is 226 g/mol. The van der Waals surface area contributed by atoms with Gasteiger partial charge in [-0.1, -0.05) is 0 Å². The number of ether oxygens (including phenoxy) is 1. The summed E-state index contributed by atoms with van der Waals surface area (Å²) in [5, 5.41) is 4.38. The first-order valence-corrected chi connectivity index (χ1v) is 6.19. The van der Waals surface area contributed by atoms with Crippen LogP contribution in [0.3, 0.4) is 0 Å². The summed E-state index contributed by atoms with van der Waals surface area (Å²) in [4.78, 5) is 4.54. The molecule has 0 amide bonds. The molecule has 0 aliphatic heterocycles. The normalized spacial score (nSPS) is 10.7. The number of rotatable bonds is 6. The van der Waals surface area contributed by atoms with E-state index < -0.39 is 0 Å². The minimum absolute atomic E-state index is 0.768. The van der Waals surface area contributed by atoms with E-state index in [2.05, 4.69) is 10.3 Å². The third-order valence-electron chi connectivity index (χ3n) is 2.79. The third kappa shape index (κ3) is 3.34. The number of fused-ring (bicyclic) bond motifs is 1. The largest absolute Gasteiger partial charge is 0.399 e. The molecule has 1 aromatic carbocycles. The van der Waals surface area contributed by atoms with Gasteiger partial charge in [0.15, 0.2) is 0 Å². The highest BCUT2D eigenvalue weighted by molar-refractivity contribution is 5.83. The van der Waals surface area contributed by atoms with Gasteiger partial charge in [0, 0.05) is 31.3 Å². The lowest BCUT2D eigenvalue weighted by molar-refractivity contribution is 0.194. The van der Waals surface area contributed by atoms with Gasteiger partial charge in [0.25, 0.3) is 0 Å². The van der Waals surface area contributed by atoms with Crippen LogP contribution in [0, 0.1) is 0 Å². The lowest BCUT2D eigenvalue weighted by atomic mass is 10.2. The number of hydrogen-bond donors (Lipinski definition) is 2. The quantitative estimate of drug-likeness (QED) is 0.606. The van der Waals surface area contributed by atoms with Crippen molar-refractivity contribution in [1.82, 2.24) is 4.98 Å². The van der Waals surface area contributed by atoms with Crippen molar-refractivity contribution in [2.24, 2.45) is 0 Å². The van der Waals surface area contributed by atoms with Crippen molar-refractivity contribution in [3.63, 3.8) is 0 Å². The molecule has 3 N–H and O–H groups in total. The predicted molar refractivity (Wildman–Crippen MR) is 75.8 cm³/mol. The Kier molecular flexibility index (Phi) is 4.36. The summed E-state index contributed by atoms with van der Waals surface area (Å²) >= 11 is 0. The molecule has 0 radical (unpaired) electrons. The molecular formula is C14H19N3O. The molecule has 1 heterocycles. The van der Waals surface area contributed by atoms with Crippen LogP contribution >= 0.6 is 0 Å². The van der Waals surface area contributed by atoms with Crippen molar-refractivity contribution < 1.29 is 4.74 Å². The fraction of sp³-hybridized carbons (Fsp3) is 0.357. The fourth-order valence-corrected chi connectivity index (χ4v) is 1.83. The highest BCUT2D eigenvalue weighted by Crippen LogP contribution is 2.17. The monoisotopic (exact) mass is 245 g/mol. The molecule has 0 aliphatic rings. The Hall–Kier alpha value is -1.81. The number of unbranched alkanes of at least 4 members (excludes halogenated alkanes) is 1. The van der Waals surface area contributed by atoms with E-state index in [4.69, 9.17) is 10.5 Å². The molecule has 0 saturated carbocycles. The number of benzene rings is 1. The van der Waals surface area contributed by atoms with Gasteiger partial charge >= 0.3 is 0 Å². The Balaban J connectivity index is 1.95. The maximum Gasteiger partial charge on any atom is 0.126 e. The van der Waals surface area contributed by atoms with Gasteiger partial charge in [-0.25, -0.2) is 4.98 Å². The van der Waals surface area contributed by atoms with Crippen LogP contribution in [0.15, 0.2) is 30.3 Å². The highest BCUT2D eigenvalue weighted by Gasteiger charge is 1.98. The molecule has 4 heteroatoms. The van der Waals surface area contributed by atoms with Crippen molar-refractivity contribution in [2.45, 2.75) is 12.8 Å². The number of pyridine rings is 1. The molecule has 18 heavy (non-hydrogen) atoms. The van der Waals surface area contributed by atoms with E-state index in [1.54, 1.807) is 7.11 Å². The van der Waals surface area contributed by atoms with Crippen molar-refractivity contribution in [2.75, 3.05) is 31.3 Å². The molecule has 1 aromatic heterocycles. The predicted octanol–water partition coefficient (Wildman–Crippen LogP) is 2.66. The number of nitrogen functional groups attached to an aromatic ring is 1. The second-order valence-corrected chi connectivity index (χ2v) is 4.28. The van der Waals surface area contributed by atoms with Crippen LogP contribution in [-0.2, 0) is 4.74 Å². The molecule has 0 bridgehead atoms. The van der Waals surface area contributed by atoms with Crippen LogP contribution in [-0.4, -0.2) is 25.2 Å². The number of aromatic nitrogens is 1. The maximum absolute atomic E-state index is 5.73. The summed E-state index contributed by atoms with van der Waals surface area (Å²) in [6.07, 6.45) is 2.14. The van der Waals surface area contributed by atoms with Gasteiger partial charge in [0.1, 0.15) is 5.82 Å². The third-order valence-corrected chi connectivity index (χ3v) is 2.79. The van der Waals surface area contributed by atoms with E-state index in [-0.39, 0.29) is 0 Å². The molecule has 0 atom stereocenters. The van der Waals surface area contributed by atoms with Gasteiger partial charge in [-0.05, 0) is 43.2 Å².